The molecule has 2 heterocycles. The van der Waals surface area contributed by atoms with Crippen molar-refractivity contribution in [1.82, 2.24) is 14.5 Å². The maximum absolute atomic E-state index is 6.24. The molecular formula is C16H19Cl2N5. The third-order valence-corrected chi connectivity index (χ3v) is 3.82. The Hall–Kier alpha value is -1.82. The molecule has 0 aliphatic carbocycles. The second-order valence-corrected chi connectivity index (χ2v) is 5.82. The summed E-state index contributed by atoms with van der Waals surface area (Å²) in [4.78, 5) is 8.96. The average molecular weight is 352 g/mol. The Bertz CT molecular complexity index is 813. The van der Waals surface area contributed by atoms with Crippen LogP contribution in [0.5, 0.6) is 0 Å². The van der Waals surface area contributed by atoms with Crippen LogP contribution in [0.3, 0.4) is 0 Å². The topological polar surface area (TPSA) is 68.8 Å². The number of hydrogen-bond acceptors (Lipinski definition) is 4. The molecule has 3 rings (SSSR count). The first-order valence-corrected chi connectivity index (χ1v) is 7.48. The summed E-state index contributed by atoms with van der Waals surface area (Å²) < 4.78 is 1.91. The summed E-state index contributed by atoms with van der Waals surface area (Å²) >= 11 is 6.24. The highest BCUT2D eigenvalue weighted by atomic mass is 35.5. The van der Waals surface area contributed by atoms with Gasteiger partial charge in [0, 0.05) is 30.2 Å². The number of halogens is 2. The number of nitrogens with two attached hydrogens (primary N) is 1. The van der Waals surface area contributed by atoms with Crippen LogP contribution >= 0.6 is 24.0 Å². The Kier molecular flexibility index (Phi) is 5.46. The van der Waals surface area contributed by atoms with Crippen LogP contribution in [-0.2, 0) is 13.6 Å². The summed E-state index contributed by atoms with van der Waals surface area (Å²) in [6.07, 6.45) is 3.74. The van der Waals surface area contributed by atoms with E-state index in [0.29, 0.717) is 11.6 Å². The van der Waals surface area contributed by atoms with Gasteiger partial charge in [0.15, 0.2) is 0 Å². The van der Waals surface area contributed by atoms with Gasteiger partial charge < -0.3 is 15.6 Å². The van der Waals surface area contributed by atoms with E-state index >= 15 is 0 Å². The first-order chi connectivity index (χ1) is 10.5. The molecule has 0 saturated carbocycles. The fourth-order valence-electron chi connectivity index (χ4n) is 2.40. The van der Waals surface area contributed by atoms with Gasteiger partial charge in [-0.2, -0.15) is 0 Å². The normalized spacial score (nSPS) is 12.0. The zero-order valence-electron chi connectivity index (χ0n) is 13.0. The summed E-state index contributed by atoms with van der Waals surface area (Å²) in [6, 6.07) is 7.66. The smallest absolute Gasteiger partial charge is 0.131 e. The Labute approximate surface area is 146 Å². The van der Waals surface area contributed by atoms with E-state index in [-0.39, 0.29) is 18.4 Å². The summed E-state index contributed by atoms with van der Waals surface area (Å²) in [6.45, 7) is 2.53. The van der Waals surface area contributed by atoms with Crippen LogP contribution in [0.1, 0.15) is 24.2 Å². The lowest BCUT2D eigenvalue weighted by Crippen LogP contribution is -2.12. The molecule has 0 spiro atoms. The van der Waals surface area contributed by atoms with Crippen LogP contribution < -0.4 is 11.1 Å². The van der Waals surface area contributed by atoms with Crippen molar-refractivity contribution in [2.24, 2.45) is 12.8 Å². The average Bonchev–Trinajstić information content (AvgIpc) is 2.90. The van der Waals surface area contributed by atoms with E-state index in [1.165, 1.54) is 0 Å². The highest BCUT2D eigenvalue weighted by Gasteiger charge is 2.12. The fourth-order valence-corrected chi connectivity index (χ4v) is 2.62. The molecule has 3 N–H and O–H groups in total. The standard InChI is InChI=1S/C16H18ClN5.ClH/c1-10(18)13-6-11-4-3-5-14(17)15(11)21-16(13)19-7-12-8-22(2)9-20-12;/h3-6,8-10H,7,18H2,1-2H3,(H,19,21);1H/t10-;/m0./s1. The van der Waals surface area contributed by atoms with Gasteiger partial charge in [-0.3, -0.25) is 0 Å². The number of benzene rings is 1. The van der Waals surface area contributed by atoms with Crippen molar-refractivity contribution in [1.29, 1.82) is 0 Å². The van der Waals surface area contributed by atoms with Gasteiger partial charge in [-0.1, -0.05) is 23.7 Å². The SMILES string of the molecule is C[C@H](N)c1cc2cccc(Cl)c2nc1NCc1cn(C)cn1.Cl. The van der Waals surface area contributed by atoms with Crippen LogP contribution in [-0.4, -0.2) is 14.5 Å². The zero-order valence-corrected chi connectivity index (χ0v) is 14.5. The first kappa shape index (κ1) is 17.5. The van der Waals surface area contributed by atoms with Crippen molar-refractivity contribution in [3.63, 3.8) is 0 Å². The van der Waals surface area contributed by atoms with Gasteiger partial charge >= 0.3 is 0 Å². The van der Waals surface area contributed by atoms with Crippen molar-refractivity contribution in [3.05, 3.63) is 53.1 Å². The Balaban J connectivity index is 0.00000192. The predicted molar refractivity (Wildman–Crippen MR) is 97.1 cm³/mol. The Morgan fingerprint density at radius 2 is 2.17 bits per heavy atom. The molecule has 23 heavy (non-hydrogen) atoms. The maximum Gasteiger partial charge on any atom is 0.131 e. The van der Waals surface area contributed by atoms with E-state index in [0.717, 1.165) is 28.0 Å². The molecule has 0 unspecified atom stereocenters. The number of anilines is 1. The molecule has 122 valence electrons. The minimum atomic E-state index is -0.123. The molecule has 0 radical (unpaired) electrons. The molecule has 1 atom stereocenters. The molecule has 1 aromatic carbocycles. The monoisotopic (exact) mass is 351 g/mol. The van der Waals surface area contributed by atoms with Gasteiger partial charge in [0.25, 0.3) is 0 Å². The number of rotatable bonds is 4. The lowest BCUT2D eigenvalue weighted by Gasteiger charge is -2.15. The summed E-state index contributed by atoms with van der Waals surface area (Å²) in [5, 5.41) is 4.94. The highest BCUT2D eigenvalue weighted by molar-refractivity contribution is 6.35. The van der Waals surface area contributed by atoms with Crippen LogP contribution in [0, 0.1) is 0 Å². The van der Waals surface area contributed by atoms with E-state index in [9.17, 15) is 0 Å². The number of imidazole rings is 1. The number of nitrogens with one attached hydrogen (secondary N) is 1. The van der Waals surface area contributed by atoms with Gasteiger partial charge in [-0.25, -0.2) is 9.97 Å². The molecule has 2 aromatic heterocycles. The molecule has 0 aliphatic heterocycles. The van der Waals surface area contributed by atoms with E-state index in [2.05, 4.69) is 15.3 Å². The molecule has 3 aromatic rings. The van der Waals surface area contributed by atoms with Gasteiger partial charge in [-0.15, -0.1) is 12.4 Å². The third kappa shape index (κ3) is 3.75. The van der Waals surface area contributed by atoms with Crippen LogP contribution in [0.25, 0.3) is 10.9 Å². The molecule has 5 nitrogen and oxygen atoms in total. The Morgan fingerprint density at radius 1 is 1.39 bits per heavy atom. The van der Waals surface area contributed by atoms with Gasteiger partial charge in [0.1, 0.15) is 5.82 Å². The van der Waals surface area contributed by atoms with E-state index in [4.69, 9.17) is 17.3 Å². The predicted octanol–water partition coefficient (Wildman–Crippen LogP) is 3.68. The lowest BCUT2D eigenvalue weighted by atomic mass is 10.1. The number of aromatic nitrogens is 3. The summed E-state index contributed by atoms with van der Waals surface area (Å²) in [5.41, 5.74) is 8.77. The second-order valence-electron chi connectivity index (χ2n) is 5.41. The third-order valence-electron chi connectivity index (χ3n) is 3.51. The number of pyridine rings is 1. The quantitative estimate of drug-likeness (QED) is 0.752. The second kappa shape index (κ2) is 7.17. The van der Waals surface area contributed by atoms with Crippen LogP contribution in [0.15, 0.2) is 36.8 Å². The number of fused-ring (bicyclic) bond motifs is 1. The molecule has 0 saturated heterocycles. The van der Waals surface area contributed by atoms with Crippen molar-refractivity contribution >= 4 is 40.7 Å². The molecule has 0 fully saturated rings. The number of nitrogens with zero attached hydrogens (tertiary/aromatic N) is 3. The minimum absolute atomic E-state index is 0. The summed E-state index contributed by atoms with van der Waals surface area (Å²) in [7, 11) is 1.94. The van der Waals surface area contributed by atoms with E-state index in [1.807, 2.05) is 49.0 Å². The van der Waals surface area contributed by atoms with Crippen molar-refractivity contribution < 1.29 is 0 Å². The summed E-state index contributed by atoms with van der Waals surface area (Å²) in [5.74, 6) is 0.751. The number of para-hydroxylation sites is 1. The molecular weight excluding hydrogens is 333 g/mol. The number of aryl methyl sites for hydroxylation is 1. The van der Waals surface area contributed by atoms with Gasteiger partial charge in [-0.05, 0) is 19.1 Å². The largest absolute Gasteiger partial charge is 0.364 e. The zero-order chi connectivity index (χ0) is 15.7. The molecule has 0 aliphatic rings. The van der Waals surface area contributed by atoms with E-state index < -0.39 is 0 Å². The van der Waals surface area contributed by atoms with Gasteiger partial charge in [0.2, 0.25) is 0 Å². The fraction of sp³-hybridized carbons (Fsp3) is 0.250. The molecule has 0 amide bonds. The van der Waals surface area contributed by atoms with Crippen molar-refractivity contribution in [2.45, 2.75) is 19.5 Å². The van der Waals surface area contributed by atoms with Crippen molar-refractivity contribution in [3.8, 4) is 0 Å². The van der Waals surface area contributed by atoms with Gasteiger partial charge in [0.05, 0.1) is 29.1 Å². The minimum Gasteiger partial charge on any atom is -0.364 e. The van der Waals surface area contributed by atoms with E-state index in [1.54, 1.807) is 6.33 Å². The number of hydrogen-bond donors (Lipinski definition) is 2. The maximum atomic E-state index is 6.24. The van der Waals surface area contributed by atoms with Crippen LogP contribution in [0.2, 0.25) is 5.02 Å². The highest BCUT2D eigenvalue weighted by Crippen LogP contribution is 2.28. The van der Waals surface area contributed by atoms with Crippen molar-refractivity contribution in [2.75, 3.05) is 5.32 Å². The molecule has 7 heteroatoms. The van der Waals surface area contributed by atoms with Crippen LogP contribution in [0.4, 0.5) is 5.82 Å². The molecule has 0 bridgehead atoms. The Morgan fingerprint density at radius 3 is 2.83 bits per heavy atom. The first-order valence-electron chi connectivity index (χ1n) is 7.10. The lowest BCUT2D eigenvalue weighted by molar-refractivity contribution is 0.813.